The van der Waals surface area contributed by atoms with Gasteiger partial charge in [0, 0.05) is 36.9 Å². The normalized spacial score (nSPS) is 14.5. The lowest BCUT2D eigenvalue weighted by atomic mass is 9.98. The van der Waals surface area contributed by atoms with E-state index in [9.17, 15) is 25.0 Å². The van der Waals surface area contributed by atoms with Crippen LogP contribution in [0.4, 0.5) is 22.7 Å². The molecule has 0 radical (unpaired) electrons. The number of rotatable bonds is 5. The van der Waals surface area contributed by atoms with Crippen molar-refractivity contribution in [1.29, 1.82) is 0 Å². The summed E-state index contributed by atoms with van der Waals surface area (Å²) in [5.41, 5.74) is 0.213. The van der Waals surface area contributed by atoms with E-state index in [1.54, 1.807) is 6.07 Å². The van der Waals surface area contributed by atoms with E-state index in [2.05, 4.69) is 12.2 Å². The Morgan fingerprint density at radius 1 is 1.10 bits per heavy atom. The molecule has 3 rings (SSSR count). The van der Waals surface area contributed by atoms with Gasteiger partial charge < -0.3 is 10.2 Å². The highest BCUT2D eigenvalue weighted by Gasteiger charge is 2.25. The zero-order chi connectivity index (χ0) is 21.1. The number of piperidine rings is 1. The average molecular weight is 419 g/mol. The molecule has 1 aliphatic heterocycles. The minimum Gasteiger partial charge on any atom is -0.366 e. The van der Waals surface area contributed by atoms with Crippen LogP contribution in [-0.4, -0.2) is 28.8 Å². The number of carbonyl (C=O) groups is 1. The van der Waals surface area contributed by atoms with E-state index < -0.39 is 15.8 Å². The van der Waals surface area contributed by atoms with Gasteiger partial charge in [0.1, 0.15) is 5.69 Å². The lowest BCUT2D eigenvalue weighted by Crippen LogP contribution is -2.33. The largest absolute Gasteiger partial charge is 0.366 e. The lowest BCUT2D eigenvalue weighted by Gasteiger charge is -2.31. The second-order valence-corrected chi connectivity index (χ2v) is 7.41. The van der Waals surface area contributed by atoms with Gasteiger partial charge in [-0.25, -0.2) is 0 Å². The van der Waals surface area contributed by atoms with Crippen molar-refractivity contribution in [1.82, 2.24) is 0 Å². The van der Waals surface area contributed by atoms with E-state index in [1.807, 2.05) is 4.90 Å². The molecule has 0 saturated carbocycles. The van der Waals surface area contributed by atoms with E-state index in [-0.39, 0.29) is 27.6 Å². The molecule has 0 unspecified atom stereocenters. The maximum Gasteiger partial charge on any atom is 0.293 e. The van der Waals surface area contributed by atoms with Crippen molar-refractivity contribution in [3.05, 3.63) is 67.2 Å². The first kappa shape index (κ1) is 20.5. The minimum atomic E-state index is -0.644. The Balaban J connectivity index is 1.86. The molecule has 152 valence electrons. The number of hydrogen-bond acceptors (Lipinski definition) is 6. The van der Waals surface area contributed by atoms with Crippen LogP contribution in [0.1, 0.15) is 30.1 Å². The van der Waals surface area contributed by atoms with Gasteiger partial charge in [-0.05, 0) is 37.0 Å². The molecule has 0 aromatic heterocycles. The maximum absolute atomic E-state index is 12.6. The highest BCUT2D eigenvalue weighted by molar-refractivity contribution is 6.34. The number of amides is 1. The van der Waals surface area contributed by atoms with Crippen LogP contribution < -0.4 is 10.2 Å². The molecule has 1 fully saturated rings. The van der Waals surface area contributed by atoms with Crippen LogP contribution >= 0.6 is 11.6 Å². The van der Waals surface area contributed by atoms with Crippen LogP contribution in [0.2, 0.25) is 5.02 Å². The van der Waals surface area contributed by atoms with Crippen LogP contribution in [0.3, 0.4) is 0 Å². The van der Waals surface area contributed by atoms with E-state index in [0.717, 1.165) is 32.0 Å². The monoisotopic (exact) mass is 418 g/mol. The van der Waals surface area contributed by atoms with Crippen molar-refractivity contribution in [3.8, 4) is 0 Å². The number of nitro benzene ring substituents is 2. The molecule has 0 aliphatic carbocycles. The lowest BCUT2D eigenvalue weighted by molar-refractivity contribution is -0.384. The van der Waals surface area contributed by atoms with Crippen LogP contribution in [0.25, 0.3) is 0 Å². The summed E-state index contributed by atoms with van der Waals surface area (Å²) in [6.07, 6.45) is 1.90. The Morgan fingerprint density at radius 3 is 2.41 bits per heavy atom. The van der Waals surface area contributed by atoms with Gasteiger partial charge in [0.05, 0.1) is 20.6 Å². The zero-order valence-electron chi connectivity index (χ0n) is 15.6. The molecule has 0 bridgehead atoms. The van der Waals surface area contributed by atoms with Gasteiger partial charge in [-0.3, -0.25) is 25.0 Å². The summed E-state index contributed by atoms with van der Waals surface area (Å²) < 4.78 is 0. The quantitative estimate of drug-likeness (QED) is 0.557. The Hall–Kier alpha value is -3.20. The maximum atomic E-state index is 12.6. The summed E-state index contributed by atoms with van der Waals surface area (Å²) >= 11 is 6.00. The van der Waals surface area contributed by atoms with Crippen LogP contribution in [0.15, 0.2) is 36.4 Å². The highest BCUT2D eigenvalue weighted by atomic mass is 35.5. The second kappa shape index (κ2) is 8.44. The number of halogens is 1. The van der Waals surface area contributed by atoms with Crippen molar-refractivity contribution >= 4 is 40.3 Å². The molecule has 0 spiro atoms. The highest BCUT2D eigenvalue weighted by Crippen LogP contribution is 2.33. The number of hydrogen-bond donors (Lipinski definition) is 1. The number of nitrogens with zero attached hydrogens (tertiary/aromatic N) is 3. The van der Waals surface area contributed by atoms with Gasteiger partial charge in [-0.2, -0.15) is 0 Å². The van der Waals surface area contributed by atoms with Gasteiger partial charge in [0.25, 0.3) is 17.3 Å². The van der Waals surface area contributed by atoms with Crippen molar-refractivity contribution in [2.45, 2.75) is 19.8 Å². The molecule has 1 heterocycles. The second-order valence-electron chi connectivity index (χ2n) is 7.01. The summed E-state index contributed by atoms with van der Waals surface area (Å²) in [6, 6.07) is 7.94. The van der Waals surface area contributed by atoms with Gasteiger partial charge >= 0.3 is 0 Å². The predicted molar refractivity (Wildman–Crippen MR) is 110 cm³/mol. The molecule has 29 heavy (non-hydrogen) atoms. The topological polar surface area (TPSA) is 119 Å². The Morgan fingerprint density at radius 2 is 1.79 bits per heavy atom. The number of benzene rings is 2. The van der Waals surface area contributed by atoms with E-state index in [4.69, 9.17) is 11.6 Å². The standard InChI is InChI=1S/C19H19ClN4O5/c1-12-6-8-22(9-7-12)17-5-2-13(10-18(17)24(28)29)19(25)21-16-11-14(23(26)27)3-4-15(16)20/h2-5,10-12H,6-9H2,1H3,(H,21,25). The molecule has 1 aliphatic rings. The summed E-state index contributed by atoms with van der Waals surface area (Å²) in [4.78, 5) is 35.9. The first-order valence-corrected chi connectivity index (χ1v) is 9.42. The predicted octanol–water partition coefficient (Wildman–Crippen LogP) is 4.65. The Labute approximate surface area is 171 Å². The Kier molecular flexibility index (Phi) is 5.97. The van der Waals surface area contributed by atoms with Crippen molar-refractivity contribution in [3.63, 3.8) is 0 Å². The summed E-state index contributed by atoms with van der Waals surface area (Å²) in [5, 5.41) is 25.1. The van der Waals surface area contributed by atoms with Crippen molar-refractivity contribution < 1.29 is 14.6 Å². The first-order valence-electron chi connectivity index (χ1n) is 9.05. The third kappa shape index (κ3) is 4.62. The van der Waals surface area contributed by atoms with Crippen molar-refractivity contribution in [2.75, 3.05) is 23.3 Å². The summed E-state index contributed by atoms with van der Waals surface area (Å²) in [7, 11) is 0. The molecule has 0 atom stereocenters. The molecule has 1 amide bonds. The number of non-ortho nitro benzene ring substituents is 1. The minimum absolute atomic E-state index is 0.0580. The first-order chi connectivity index (χ1) is 13.8. The number of nitrogens with one attached hydrogen (secondary N) is 1. The molecular weight excluding hydrogens is 400 g/mol. The molecule has 1 N–H and O–H groups in total. The molecule has 10 heteroatoms. The summed E-state index contributed by atoms with van der Waals surface area (Å²) in [5.74, 6) is -0.0654. The van der Waals surface area contributed by atoms with Gasteiger partial charge in [-0.15, -0.1) is 0 Å². The number of carbonyl (C=O) groups excluding carboxylic acids is 1. The fraction of sp³-hybridized carbons (Fsp3) is 0.316. The average Bonchev–Trinajstić information content (AvgIpc) is 2.69. The van der Waals surface area contributed by atoms with Crippen LogP contribution in [0, 0.1) is 26.1 Å². The van der Waals surface area contributed by atoms with Gasteiger partial charge in [0.15, 0.2) is 0 Å². The fourth-order valence-corrected chi connectivity index (χ4v) is 3.41. The van der Waals surface area contributed by atoms with E-state index >= 15 is 0 Å². The zero-order valence-corrected chi connectivity index (χ0v) is 16.4. The smallest absolute Gasteiger partial charge is 0.293 e. The summed E-state index contributed by atoms with van der Waals surface area (Å²) in [6.45, 7) is 3.59. The van der Waals surface area contributed by atoms with Crippen LogP contribution in [-0.2, 0) is 0 Å². The third-order valence-corrected chi connectivity index (χ3v) is 5.30. The van der Waals surface area contributed by atoms with Gasteiger partial charge in [-0.1, -0.05) is 18.5 Å². The number of nitro groups is 2. The van der Waals surface area contributed by atoms with E-state index in [0.29, 0.717) is 11.6 Å². The van der Waals surface area contributed by atoms with Crippen molar-refractivity contribution in [2.24, 2.45) is 5.92 Å². The van der Waals surface area contributed by atoms with Gasteiger partial charge in [0.2, 0.25) is 0 Å². The molecular formula is C19H19ClN4O5. The molecule has 2 aromatic carbocycles. The SMILES string of the molecule is CC1CCN(c2ccc(C(=O)Nc3cc([N+](=O)[O-])ccc3Cl)cc2[N+](=O)[O-])CC1. The number of anilines is 2. The molecule has 2 aromatic rings. The Bertz CT molecular complexity index is 973. The molecule has 1 saturated heterocycles. The molecule has 9 nitrogen and oxygen atoms in total. The van der Waals surface area contributed by atoms with E-state index in [1.165, 1.54) is 24.3 Å². The van der Waals surface area contributed by atoms with Crippen LogP contribution in [0.5, 0.6) is 0 Å². The fourth-order valence-electron chi connectivity index (χ4n) is 3.24. The third-order valence-electron chi connectivity index (χ3n) is 4.97.